The molecule has 0 saturated carbocycles. The van der Waals surface area contributed by atoms with Crippen molar-refractivity contribution in [2.75, 3.05) is 6.54 Å². The summed E-state index contributed by atoms with van der Waals surface area (Å²) in [5.41, 5.74) is -3.67. The molecule has 0 aliphatic carbocycles. The Morgan fingerprint density at radius 3 is 2.39 bits per heavy atom. The molecule has 0 radical (unpaired) electrons. The van der Waals surface area contributed by atoms with Gasteiger partial charge in [0, 0.05) is 22.6 Å². The third-order valence-corrected chi connectivity index (χ3v) is 2.25. The maximum atomic E-state index is 10.9. The number of carboxylic acids is 1. The summed E-state index contributed by atoms with van der Waals surface area (Å²) in [4.78, 5) is 30.0. The van der Waals surface area contributed by atoms with E-state index in [0.29, 0.717) is 0 Å². The summed E-state index contributed by atoms with van der Waals surface area (Å²) in [7, 11) is 0. The first-order valence-electron chi connectivity index (χ1n) is 4.60. The number of nitrogens with zero attached hydrogens (tertiary/aromatic N) is 2. The third kappa shape index (κ3) is 2.58. The SMILES string of the molecule is O=C(O)C(O)(C[N+](=O)[O-])c1cccc([N+](=O)[O-])c1. The van der Waals surface area contributed by atoms with Crippen molar-refractivity contribution in [2.24, 2.45) is 0 Å². The number of hydrogen-bond donors (Lipinski definition) is 2. The Labute approximate surface area is 99.6 Å². The first-order valence-corrected chi connectivity index (χ1v) is 4.60. The number of carboxylic acid groups (broad SMARTS) is 1. The molecule has 1 atom stereocenters. The van der Waals surface area contributed by atoms with Gasteiger partial charge in [-0.25, -0.2) is 4.79 Å². The number of benzene rings is 1. The zero-order chi connectivity index (χ0) is 13.9. The normalized spacial score (nSPS) is 13.6. The number of non-ortho nitro benzene ring substituents is 1. The van der Waals surface area contributed by atoms with E-state index in [-0.39, 0.29) is 0 Å². The molecule has 0 bridgehead atoms. The summed E-state index contributed by atoms with van der Waals surface area (Å²) < 4.78 is 0. The molecule has 0 saturated heterocycles. The van der Waals surface area contributed by atoms with Crippen LogP contribution in [-0.2, 0) is 10.4 Å². The molecule has 18 heavy (non-hydrogen) atoms. The van der Waals surface area contributed by atoms with Gasteiger partial charge in [-0.3, -0.25) is 20.2 Å². The van der Waals surface area contributed by atoms with E-state index in [1.165, 1.54) is 0 Å². The van der Waals surface area contributed by atoms with Gasteiger partial charge in [0.1, 0.15) is 0 Å². The molecule has 0 aromatic heterocycles. The standard InChI is InChI=1S/C9H8N2O7/c12-8(13)9(14,5-10(15)16)6-2-1-3-7(4-6)11(17)18/h1-4,14H,5H2,(H,12,13). The van der Waals surface area contributed by atoms with Crippen molar-refractivity contribution in [3.8, 4) is 0 Å². The summed E-state index contributed by atoms with van der Waals surface area (Å²) >= 11 is 0. The van der Waals surface area contributed by atoms with Crippen LogP contribution in [0.3, 0.4) is 0 Å². The molecule has 0 fully saturated rings. The molecule has 1 unspecified atom stereocenters. The van der Waals surface area contributed by atoms with E-state index in [0.717, 1.165) is 24.3 Å². The molecular weight excluding hydrogens is 248 g/mol. The third-order valence-electron chi connectivity index (χ3n) is 2.25. The Morgan fingerprint density at radius 2 is 1.94 bits per heavy atom. The highest BCUT2D eigenvalue weighted by Gasteiger charge is 2.44. The van der Waals surface area contributed by atoms with E-state index in [4.69, 9.17) is 5.11 Å². The molecular formula is C9H8N2O7. The first-order chi connectivity index (χ1) is 8.27. The topological polar surface area (TPSA) is 144 Å². The van der Waals surface area contributed by atoms with Crippen LogP contribution in [0.4, 0.5) is 5.69 Å². The van der Waals surface area contributed by atoms with Gasteiger partial charge in [0.05, 0.1) is 4.92 Å². The highest BCUT2D eigenvalue weighted by Crippen LogP contribution is 2.25. The second-order valence-corrected chi connectivity index (χ2v) is 3.46. The first kappa shape index (κ1) is 13.5. The second kappa shape index (κ2) is 4.75. The molecule has 2 N–H and O–H groups in total. The van der Waals surface area contributed by atoms with Crippen molar-refractivity contribution in [1.29, 1.82) is 0 Å². The predicted molar refractivity (Wildman–Crippen MR) is 56.5 cm³/mol. The van der Waals surface area contributed by atoms with Crippen molar-refractivity contribution in [1.82, 2.24) is 0 Å². The van der Waals surface area contributed by atoms with E-state index in [1.807, 2.05) is 0 Å². The maximum absolute atomic E-state index is 10.9. The average Bonchev–Trinajstić information content (AvgIpc) is 2.27. The zero-order valence-corrected chi connectivity index (χ0v) is 8.85. The lowest BCUT2D eigenvalue weighted by molar-refractivity contribution is -0.499. The molecule has 9 nitrogen and oxygen atoms in total. The van der Waals surface area contributed by atoms with Gasteiger partial charge in [0.2, 0.25) is 6.54 Å². The lowest BCUT2D eigenvalue weighted by Crippen LogP contribution is -2.42. The van der Waals surface area contributed by atoms with E-state index < -0.39 is 39.2 Å². The molecule has 0 spiro atoms. The lowest BCUT2D eigenvalue weighted by Gasteiger charge is -2.18. The molecule has 1 aromatic carbocycles. The van der Waals surface area contributed by atoms with E-state index in [1.54, 1.807) is 0 Å². The van der Waals surface area contributed by atoms with Crippen molar-refractivity contribution in [3.05, 3.63) is 50.1 Å². The minimum Gasteiger partial charge on any atom is -0.479 e. The average molecular weight is 256 g/mol. The quantitative estimate of drug-likeness (QED) is 0.563. The van der Waals surface area contributed by atoms with Crippen molar-refractivity contribution in [3.63, 3.8) is 0 Å². The molecule has 0 aliphatic rings. The molecule has 9 heteroatoms. The summed E-state index contributed by atoms with van der Waals surface area (Å²) in [6.07, 6.45) is 0. The van der Waals surface area contributed by atoms with Gasteiger partial charge in [0.15, 0.2) is 0 Å². The van der Waals surface area contributed by atoms with Crippen LogP contribution in [0.2, 0.25) is 0 Å². The fourth-order valence-electron chi connectivity index (χ4n) is 1.35. The van der Waals surface area contributed by atoms with Crippen LogP contribution in [0, 0.1) is 20.2 Å². The minimum absolute atomic E-state index is 0.416. The smallest absolute Gasteiger partial charge is 0.347 e. The van der Waals surface area contributed by atoms with Crippen LogP contribution in [0.25, 0.3) is 0 Å². The van der Waals surface area contributed by atoms with Crippen LogP contribution in [0.15, 0.2) is 24.3 Å². The van der Waals surface area contributed by atoms with Gasteiger partial charge in [-0.15, -0.1) is 0 Å². The molecule has 96 valence electrons. The van der Waals surface area contributed by atoms with Crippen molar-refractivity contribution < 1.29 is 24.9 Å². The second-order valence-electron chi connectivity index (χ2n) is 3.46. The fraction of sp³-hybridized carbons (Fsp3) is 0.222. The predicted octanol–water partition coefficient (Wildman–Crippen LogP) is 0.144. The van der Waals surface area contributed by atoms with Gasteiger partial charge in [0.25, 0.3) is 11.3 Å². The highest BCUT2D eigenvalue weighted by molar-refractivity contribution is 5.79. The van der Waals surface area contributed by atoms with Crippen LogP contribution in [0.1, 0.15) is 5.56 Å². The maximum Gasteiger partial charge on any atom is 0.347 e. The number of aliphatic hydroxyl groups is 1. The van der Waals surface area contributed by atoms with Gasteiger partial charge in [-0.2, -0.15) is 0 Å². The van der Waals surface area contributed by atoms with E-state index in [2.05, 4.69) is 0 Å². The lowest BCUT2D eigenvalue weighted by atomic mass is 9.93. The summed E-state index contributed by atoms with van der Waals surface area (Å²) in [5.74, 6) is -1.85. The Bertz CT molecular complexity index is 515. The molecule has 1 aromatic rings. The molecule has 0 amide bonds. The van der Waals surface area contributed by atoms with Gasteiger partial charge in [-0.05, 0) is 0 Å². The van der Waals surface area contributed by atoms with Crippen LogP contribution in [0.5, 0.6) is 0 Å². The van der Waals surface area contributed by atoms with Gasteiger partial charge >= 0.3 is 5.97 Å². The molecule has 0 heterocycles. The Morgan fingerprint density at radius 1 is 1.33 bits per heavy atom. The molecule has 1 rings (SSSR count). The summed E-state index contributed by atoms with van der Waals surface area (Å²) in [6.45, 7) is -1.29. The van der Waals surface area contributed by atoms with Crippen molar-refractivity contribution >= 4 is 11.7 Å². The van der Waals surface area contributed by atoms with Crippen LogP contribution in [-0.4, -0.2) is 32.6 Å². The number of nitro groups is 2. The van der Waals surface area contributed by atoms with E-state index >= 15 is 0 Å². The largest absolute Gasteiger partial charge is 0.479 e. The number of rotatable bonds is 5. The zero-order valence-electron chi connectivity index (χ0n) is 8.85. The van der Waals surface area contributed by atoms with E-state index in [9.17, 15) is 30.1 Å². The highest BCUT2D eigenvalue weighted by atomic mass is 16.6. The Balaban J connectivity index is 3.30. The number of nitro benzene ring substituents is 1. The Kier molecular flexibility index (Phi) is 3.57. The van der Waals surface area contributed by atoms with Gasteiger partial charge < -0.3 is 10.2 Å². The molecule has 0 aliphatic heterocycles. The fourth-order valence-corrected chi connectivity index (χ4v) is 1.35. The van der Waals surface area contributed by atoms with Crippen molar-refractivity contribution in [2.45, 2.75) is 5.60 Å². The van der Waals surface area contributed by atoms with Gasteiger partial charge in [-0.1, -0.05) is 12.1 Å². The summed E-state index contributed by atoms with van der Waals surface area (Å²) in [6, 6.07) is 4.08. The summed E-state index contributed by atoms with van der Waals surface area (Å²) in [5, 5.41) is 39.5. The number of carbonyl (C=O) groups is 1. The monoisotopic (exact) mass is 256 g/mol. The number of hydrogen-bond acceptors (Lipinski definition) is 6. The van der Waals surface area contributed by atoms with Crippen LogP contribution >= 0.6 is 0 Å². The Hall–Kier alpha value is -2.55. The van der Waals surface area contributed by atoms with Crippen LogP contribution < -0.4 is 0 Å². The minimum atomic E-state index is -2.80. The number of aliphatic carboxylic acids is 1.